The lowest BCUT2D eigenvalue weighted by molar-refractivity contribution is 0.0687. The summed E-state index contributed by atoms with van der Waals surface area (Å²) in [5, 5.41) is 12.0. The minimum Gasteiger partial charge on any atom is -0.477 e. The second kappa shape index (κ2) is 7.65. The Kier molecular flexibility index (Phi) is 5.32. The molecule has 1 fully saturated rings. The zero-order chi connectivity index (χ0) is 18.7. The highest BCUT2D eigenvalue weighted by Crippen LogP contribution is 2.17. The van der Waals surface area contributed by atoms with Crippen molar-refractivity contribution in [3.8, 4) is 0 Å². The number of rotatable bonds is 4. The van der Waals surface area contributed by atoms with Crippen LogP contribution in [0.25, 0.3) is 0 Å². The Morgan fingerprint density at radius 2 is 1.85 bits per heavy atom. The van der Waals surface area contributed by atoms with Crippen LogP contribution in [0, 0.1) is 6.92 Å². The summed E-state index contributed by atoms with van der Waals surface area (Å²) in [7, 11) is 0. The van der Waals surface area contributed by atoms with E-state index in [1.54, 1.807) is 4.90 Å². The number of likely N-dealkylation sites (tertiary alicyclic amines) is 1. The highest BCUT2D eigenvalue weighted by atomic mass is 32.1. The Bertz CT molecular complexity index is 840. The van der Waals surface area contributed by atoms with E-state index in [1.807, 2.05) is 19.1 Å². The quantitative estimate of drug-likeness (QED) is 0.856. The largest absolute Gasteiger partial charge is 0.477 e. The Balaban J connectivity index is 1.56. The van der Waals surface area contributed by atoms with Gasteiger partial charge in [-0.15, -0.1) is 11.3 Å². The molecule has 1 saturated heterocycles. The van der Waals surface area contributed by atoms with Crippen molar-refractivity contribution in [1.29, 1.82) is 0 Å². The van der Waals surface area contributed by atoms with Gasteiger partial charge < -0.3 is 15.3 Å². The monoisotopic (exact) mass is 373 g/mol. The van der Waals surface area contributed by atoms with Crippen molar-refractivity contribution in [3.05, 3.63) is 51.5 Å². The molecule has 0 unspecified atom stereocenters. The van der Waals surface area contributed by atoms with Crippen molar-refractivity contribution in [3.63, 3.8) is 0 Å². The first-order valence-electron chi connectivity index (χ1n) is 8.31. The maximum atomic E-state index is 12.5. The van der Waals surface area contributed by atoms with Gasteiger partial charge in [-0.1, -0.05) is 6.07 Å². The van der Waals surface area contributed by atoms with E-state index < -0.39 is 5.97 Å². The second-order valence-corrected chi connectivity index (χ2v) is 7.45. The van der Waals surface area contributed by atoms with E-state index in [0.717, 1.165) is 4.88 Å². The fourth-order valence-corrected chi connectivity index (χ4v) is 3.65. The zero-order valence-electron chi connectivity index (χ0n) is 14.3. The summed E-state index contributed by atoms with van der Waals surface area (Å²) in [4.78, 5) is 43.0. The third-order valence-electron chi connectivity index (χ3n) is 4.27. The smallest absolute Gasteiger partial charge is 0.354 e. The molecule has 2 aromatic rings. The molecule has 3 heterocycles. The number of hydrogen-bond donors (Lipinski definition) is 2. The Labute approximate surface area is 154 Å². The maximum absolute atomic E-state index is 12.5. The van der Waals surface area contributed by atoms with Crippen LogP contribution in [0.1, 0.15) is 48.4 Å². The van der Waals surface area contributed by atoms with Gasteiger partial charge >= 0.3 is 5.97 Å². The SMILES string of the molecule is Cc1ccc(C(=O)NC2CCN(C(=O)c3cccc(C(=O)O)n3)CC2)s1. The number of aryl methyl sites for hydroxylation is 1. The lowest BCUT2D eigenvalue weighted by atomic mass is 10.0. The average Bonchev–Trinajstić information content (AvgIpc) is 3.08. The van der Waals surface area contributed by atoms with Gasteiger partial charge in [0.2, 0.25) is 0 Å². The fourth-order valence-electron chi connectivity index (χ4n) is 2.87. The molecular weight excluding hydrogens is 354 g/mol. The molecule has 0 aliphatic carbocycles. The number of amides is 2. The van der Waals surface area contributed by atoms with E-state index in [9.17, 15) is 14.4 Å². The third-order valence-corrected chi connectivity index (χ3v) is 5.27. The van der Waals surface area contributed by atoms with E-state index in [1.165, 1.54) is 29.5 Å². The van der Waals surface area contributed by atoms with Crippen LogP contribution in [0.15, 0.2) is 30.3 Å². The number of pyridine rings is 1. The lowest BCUT2D eigenvalue weighted by Gasteiger charge is -2.32. The molecule has 0 bridgehead atoms. The van der Waals surface area contributed by atoms with Crippen molar-refractivity contribution in [1.82, 2.24) is 15.2 Å². The highest BCUT2D eigenvalue weighted by molar-refractivity contribution is 7.13. The van der Waals surface area contributed by atoms with Crippen molar-refractivity contribution in [2.75, 3.05) is 13.1 Å². The molecule has 3 rings (SSSR count). The molecule has 0 atom stereocenters. The Hall–Kier alpha value is -2.74. The van der Waals surface area contributed by atoms with E-state index in [2.05, 4.69) is 10.3 Å². The summed E-state index contributed by atoms with van der Waals surface area (Å²) in [6, 6.07) is 8.13. The zero-order valence-corrected chi connectivity index (χ0v) is 15.1. The second-order valence-electron chi connectivity index (χ2n) is 6.16. The molecule has 0 spiro atoms. The van der Waals surface area contributed by atoms with Crippen molar-refractivity contribution in [2.45, 2.75) is 25.8 Å². The van der Waals surface area contributed by atoms with Crippen molar-refractivity contribution < 1.29 is 19.5 Å². The van der Waals surface area contributed by atoms with Crippen molar-refractivity contribution >= 4 is 29.1 Å². The summed E-state index contributed by atoms with van der Waals surface area (Å²) in [6.07, 6.45) is 1.31. The topological polar surface area (TPSA) is 99.6 Å². The number of aromatic carboxylic acids is 1. The molecule has 8 heteroatoms. The summed E-state index contributed by atoms with van der Waals surface area (Å²) < 4.78 is 0. The molecule has 0 saturated carbocycles. The van der Waals surface area contributed by atoms with Crippen LogP contribution in [-0.2, 0) is 0 Å². The Morgan fingerprint density at radius 3 is 2.46 bits per heavy atom. The summed E-state index contributed by atoms with van der Waals surface area (Å²) in [6.45, 7) is 2.94. The lowest BCUT2D eigenvalue weighted by Crippen LogP contribution is -2.46. The highest BCUT2D eigenvalue weighted by Gasteiger charge is 2.26. The van der Waals surface area contributed by atoms with Gasteiger partial charge in [0.05, 0.1) is 4.88 Å². The molecule has 2 amide bonds. The van der Waals surface area contributed by atoms with Crippen molar-refractivity contribution in [2.24, 2.45) is 0 Å². The van der Waals surface area contributed by atoms with Crippen LogP contribution in [-0.4, -0.2) is 51.9 Å². The first kappa shape index (κ1) is 18.1. The molecule has 136 valence electrons. The van der Waals surface area contributed by atoms with Crippen LogP contribution in [0.2, 0.25) is 0 Å². The van der Waals surface area contributed by atoms with Gasteiger partial charge in [0.15, 0.2) is 0 Å². The van der Waals surface area contributed by atoms with Crippen LogP contribution in [0.3, 0.4) is 0 Å². The van der Waals surface area contributed by atoms with E-state index in [4.69, 9.17) is 5.11 Å². The molecule has 2 N–H and O–H groups in total. The minimum absolute atomic E-state index is 0.0206. The first-order chi connectivity index (χ1) is 12.4. The number of carbonyl (C=O) groups excluding carboxylic acids is 2. The molecule has 26 heavy (non-hydrogen) atoms. The van der Waals surface area contributed by atoms with Crippen LogP contribution >= 0.6 is 11.3 Å². The number of nitrogens with zero attached hydrogens (tertiary/aromatic N) is 2. The number of piperidine rings is 1. The molecule has 2 aromatic heterocycles. The number of thiophene rings is 1. The van der Waals surface area contributed by atoms with Gasteiger partial charge in [0.25, 0.3) is 11.8 Å². The van der Waals surface area contributed by atoms with Gasteiger partial charge in [-0.3, -0.25) is 9.59 Å². The summed E-state index contributed by atoms with van der Waals surface area (Å²) >= 11 is 1.46. The number of aromatic nitrogens is 1. The van der Waals surface area contributed by atoms with Gasteiger partial charge in [0.1, 0.15) is 11.4 Å². The van der Waals surface area contributed by atoms with Crippen LogP contribution in [0.4, 0.5) is 0 Å². The molecular formula is C18H19N3O4S. The number of hydrogen-bond acceptors (Lipinski definition) is 5. The maximum Gasteiger partial charge on any atom is 0.354 e. The predicted octanol–water partition coefficient (Wildman–Crippen LogP) is 2.18. The minimum atomic E-state index is -1.16. The van der Waals surface area contributed by atoms with Gasteiger partial charge in [-0.25, -0.2) is 9.78 Å². The van der Waals surface area contributed by atoms with E-state index in [-0.39, 0.29) is 29.2 Å². The van der Waals surface area contributed by atoms with Gasteiger partial charge in [-0.2, -0.15) is 0 Å². The average molecular weight is 373 g/mol. The van der Waals surface area contributed by atoms with Gasteiger partial charge in [0, 0.05) is 24.0 Å². The fraction of sp³-hybridized carbons (Fsp3) is 0.333. The molecule has 7 nitrogen and oxygen atoms in total. The Morgan fingerprint density at radius 1 is 1.15 bits per heavy atom. The number of carbonyl (C=O) groups is 3. The van der Waals surface area contributed by atoms with Crippen LogP contribution < -0.4 is 5.32 Å². The first-order valence-corrected chi connectivity index (χ1v) is 9.12. The molecule has 0 radical (unpaired) electrons. The van der Waals surface area contributed by atoms with Gasteiger partial charge in [-0.05, 0) is 44.0 Å². The number of nitrogens with one attached hydrogen (secondary N) is 1. The standard InChI is InChI=1S/C18H19N3O4S/c1-11-5-6-15(26-11)16(22)19-12-7-9-21(10-8-12)17(23)13-3-2-4-14(20-13)18(24)25/h2-6,12H,7-10H2,1H3,(H,19,22)(H,24,25). The molecule has 1 aliphatic rings. The van der Waals surface area contributed by atoms with E-state index >= 15 is 0 Å². The molecule has 1 aliphatic heterocycles. The number of carboxylic acid groups (broad SMARTS) is 1. The normalized spacial score (nSPS) is 14.9. The predicted molar refractivity (Wildman–Crippen MR) is 96.6 cm³/mol. The summed E-state index contributed by atoms with van der Waals surface area (Å²) in [5.41, 5.74) is -0.0225. The van der Waals surface area contributed by atoms with Crippen LogP contribution in [0.5, 0.6) is 0 Å². The molecule has 0 aromatic carbocycles. The third kappa shape index (κ3) is 4.08. The number of carboxylic acids is 1. The van der Waals surface area contributed by atoms with E-state index in [0.29, 0.717) is 30.8 Å². The summed E-state index contributed by atoms with van der Waals surface area (Å²) in [5.74, 6) is -1.53.